The summed E-state index contributed by atoms with van der Waals surface area (Å²) in [6, 6.07) is -0.199. The van der Waals surface area contributed by atoms with Crippen molar-refractivity contribution in [1.29, 1.82) is 0 Å². The molecule has 2 fully saturated rings. The Morgan fingerprint density at radius 3 is 2.82 bits per heavy atom. The molecule has 0 unspecified atom stereocenters. The number of amides is 1. The van der Waals surface area contributed by atoms with Gasteiger partial charge in [-0.05, 0) is 24.4 Å². The molecule has 0 bridgehead atoms. The van der Waals surface area contributed by atoms with Crippen LogP contribution in [0.15, 0.2) is 5.38 Å². The maximum atomic E-state index is 12.4. The minimum Gasteiger partial charge on any atom is -0.375 e. The molecule has 2 atom stereocenters. The molecule has 3 rings (SSSR count). The van der Waals surface area contributed by atoms with Gasteiger partial charge in [-0.2, -0.15) is 4.31 Å². The molecule has 0 saturated carbocycles. The fourth-order valence-corrected chi connectivity index (χ4v) is 4.65. The molecular formula is C12H18N4O4S2. The Bertz CT molecular complexity index is 634. The van der Waals surface area contributed by atoms with E-state index in [1.54, 1.807) is 10.3 Å². The molecule has 10 heteroatoms. The first-order valence-electron chi connectivity index (χ1n) is 7.11. The third kappa shape index (κ3) is 3.14. The molecule has 3 heterocycles. The van der Waals surface area contributed by atoms with Crippen molar-refractivity contribution in [2.75, 3.05) is 32.5 Å². The number of hydrogen-bond donors (Lipinski definition) is 0. The van der Waals surface area contributed by atoms with Crippen LogP contribution in [0.25, 0.3) is 0 Å². The second-order valence-corrected chi connectivity index (χ2v) is 8.05. The van der Waals surface area contributed by atoms with Gasteiger partial charge in [0.25, 0.3) is 5.91 Å². The van der Waals surface area contributed by atoms with Crippen LogP contribution in [0.1, 0.15) is 23.3 Å². The van der Waals surface area contributed by atoms with E-state index in [4.69, 9.17) is 4.74 Å². The van der Waals surface area contributed by atoms with E-state index in [1.807, 2.05) is 0 Å². The third-order valence-corrected chi connectivity index (χ3v) is 5.92. The smallest absolute Gasteiger partial charge is 0.275 e. The molecule has 0 spiro atoms. The lowest BCUT2D eigenvalue weighted by molar-refractivity contribution is -0.0406. The highest BCUT2D eigenvalue weighted by molar-refractivity contribution is 7.88. The molecule has 0 N–H and O–H groups in total. The van der Waals surface area contributed by atoms with Crippen LogP contribution in [0.3, 0.4) is 0 Å². The van der Waals surface area contributed by atoms with Crippen molar-refractivity contribution < 1.29 is 17.9 Å². The monoisotopic (exact) mass is 346 g/mol. The Kier molecular flexibility index (Phi) is 4.44. The van der Waals surface area contributed by atoms with Crippen LogP contribution in [0.2, 0.25) is 0 Å². The summed E-state index contributed by atoms with van der Waals surface area (Å²) >= 11 is 1.14. The van der Waals surface area contributed by atoms with Crippen molar-refractivity contribution in [2.45, 2.75) is 25.0 Å². The molecule has 22 heavy (non-hydrogen) atoms. The first kappa shape index (κ1) is 15.8. The molecule has 122 valence electrons. The Hall–Kier alpha value is -1.10. The van der Waals surface area contributed by atoms with Crippen LogP contribution in [0.5, 0.6) is 0 Å². The number of ether oxygens (including phenoxy) is 1. The molecule has 1 aromatic rings. The number of sulfonamides is 1. The standard InChI is InChI=1S/C12H18N4O4S2/c1-22(18,19)16-6-7-20-11-3-5-15(4-2-10(11)16)12(17)9-8-21-14-13-9/h8,10-11H,2-7H2,1H3/t10-,11-/m1/s1. The number of carbonyl (C=O) groups is 1. The zero-order valence-electron chi connectivity index (χ0n) is 12.2. The lowest BCUT2D eigenvalue weighted by atomic mass is 10.0. The van der Waals surface area contributed by atoms with Gasteiger partial charge in [0.2, 0.25) is 10.0 Å². The van der Waals surface area contributed by atoms with Crippen molar-refractivity contribution in [3.8, 4) is 0 Å². The Morgan fingerprint density at radius 2 is 2.14 bits per heavy atom. The second kappa shape index (κ2) is 6.19. The van der Waals surface area contributed by atoms with Gasteiger partial charge in [0, 0.05) is 25.0 Å². The van der Waals surface area contributed by atoms with Crippen LogP contribution in [-0.4, -0.2) is 77.8 Å². The molecule has 8 nitrogen and oxygen atoms in total. The highest BCUT2D eigenvalue weighted by atomic mass is 32.2. The number of fused-ring (bicyclic) bond motifs is 1. The normalized spacial score (nSPS) is 27.2. The number of morpholine rings is 1. The van der Waals surface area contributed by atoms with E-state index in [0.717, 1.165) is 11.5 Å². The Morgan fingerprint density at radius 1 is 1.36 bits per heavy atom. The van der Waals surface area contributed by atoms with Crippen LogP contribution in [-0.2, 0) is 14.8 Å². The summed E-state index contributed by atoms with van der Waals surface area (Å²) in [5.41, 5.74) is 0.343. The van der Waals surface area contributed by atoms with E-state index >= 15 is 0 Å². The maximum absolute atomic E-state index is 12.4. The zero-order valence-corrected chi connectivity index (χ0v) is 13.8. The Labute approximate surface area is 133 Å². The second-order valence-electron chi connectivity index (χ2n) is 5.51. The zero-order chi connectivity index (χ0) is 15.7. The average Bonchev–Trinajstić information content (AvgIpc) is 2.92. The maximum Gasteiger partial charge on any atom is 0.275 e. The van der Waals surface area contributed by atoms with Crippen LogP contribution in [0, 0.1) is 0 Å². The highest BCUT2D eigenvalue weighted by Gasteiger charge is 2.39. The summed E-state index contributed by atoms with van der Waals surface area (Å²) in [7, 11) is -3.26. The molecule has 0 aromatic carbocycles. The van der Waals surface area contributed by atoms with Gasteiger partial charge < -0.3 is 9.64 Å². The number of rotatable bonds is 2. The third-order valence-electron chi connectivity index (χ3n) is 4.11. The topological polar surface area (TPSA) is 92.7 Å². The van der Waals surface area contributed by atoms with Gasteiger partial charge in [0.05, 0.1) is 25.0 Å². The quantitative estimate of drug-likeness (QED) is 0.736. The van der Waals surface area contributed by atoms with E-state index in [9.17, 15) is 13.2 Å². The first-order chi connectivity index (χ1) is 10.5. The van der Waals surface area contributed by atoms with E-state index in [1.165, 1.54) is 10.6 Å². The lowest BCUT2D eigenvalue weighted by Crippen LogP contribution is -2.53. The van der Waals surface area contributed by atoms with Gasteiger partial charge in [-0.15, -0.1) is 5.10 Å². The molecule has 2 saturated heterocycles. The fourth-order valence-electron chi connectivity index (χ4n) is 3.08. The molecule has 0 radical (unpaired) electrons. The van der Waals surface area contributed by atoms with Gasteiger partial charge >= 0.3 is 0 Å². The average molecular weight is 346 g/mol. The minimum absolute atomic E-state index is 0.154. The van der Waals surface area contributed by atoms with Crippen LogP contribution >= 0.6 is 11.5 Å². The van der Waals surface area contributed by atoms with Crippen molar-refractivity contribution >= 4 is 27.5 Å². The molecule has 0 aliphatic carbocycles. The molecule has 2 aliphatic rings. The van der Waals surface area contributed by atoms with Gasteiger partial charge in [0.15, 0.2) is 5.69 Å². The Balaban J connectivity index is 1.75. The van der Waals surface area contributed by atoms with E-state index in [2.05, 4.69) is 9.59 Å². The molecule has 1 amide bonds. The predicted molar refractivity (Wildman–Crippen MR) is 80.1 cm³/mol. The van der Waals surface area contributed by atoms with Crippen molar-refractivity contribution in [3.05, 3.63) is 11.1 Å². The van der Waals surface area contributed by atoms with Crippen molar-refractivity contribution in [3.63, 3.8) is 0 Å². The largest absolute Gasteiger partial charge is 0.375 e. The van der Waals surface area contributed by atoms with Gasteiger partial charge in [-0.3, -0.25) is 4.79 Å². The van der Waals surface area contributed by atoms with Gasteiger partial charge in [-0.1, -0.05) is 4.49 Å². The summed E-state index contributed by atoms with van der Waals surface area (Å²) in [5, 5.41) is 5.43. The SMILES string of the molecule is CS(=O)(=O)N1CCO[C@@H]2CCN(C(=O)c3csnn3)CC[C@H]21. The summed E-state index contributed by atoms with van der Waals surface area (Å²) in [4.78, 5) is 14.1. The van der Waals surface area contributed by atoms with Crippen molar-refractivity contribution in [2.24, 2.45) is 0 Å². The van der Waals surface area contributed by atoms with Crippen LogP contribution in [0.4, 0.5) is 0 Å². The number of hydrogen-bond acceptors (Lipinski definition) is 7. The number of likely N-dealkylation sites (tertiary alicyclic amines) is 1. The van der Waals surface area contributed by atoms with Crippen molar-refractivity contribution in [1.82, 2.24) is 18.8 Å². The van der Waals surface area contributed by atoms with E-state index in [-0.39, 0.29) is 18.1 Å². The number of aromatic nitrogens is 2. The molecule has 1 aromatic heterocycles. The number of nitrogens with zero attached hydrogens (tertiary/aromatic N) is 4. The first-order valence-corrected chi connectivity index (χ1v) is 9.80. The summed E-state index contributed by atoms with van der Waals surface area (Å²) < 4.78 is 34.8. The number of carbonyl (C=O) groups excluding carboxylic acids is 1. The highest BCUT2D eigenvalue weighted by Crippen LogP contribution is 2.26. The van der Waals surface area contributed by atoms with Gasteiger partial charge in [-0.25, -0.2) is 8.42 Å². The summed E-state index contributed by atoms with van der Waals surface area (Å²) in [6.45, 7) is 1.81. The van der Waals surface area contributed by atoms with Gasteiger partial charge in [0.1, 0.15) is 0 Å². The minimum atomic E-state index is -3.26. The summed E-state index contributed by atoms with van der Waals surface area (Å²) in [6.07, 6.45) is 2.26. The molecular weight excluding hydrogens is 328 g/mol. The fraction of sp³-hybridized carbons (Fsp3) is 0.750. The van der Waals surface area contributed by atoms with E-state index in [0.29, 0.717) is 44.8 Å². The van der Waals surface area contributed by atoms with Crippen LogP contribution < -0.4 is 0 Å². The predicted octanol–water partition coefficient (Wildman–Crippen LogP) is -0.197. The molecule has 2 aliphatic heterocycles. The van der Waals surface area contributed by atoms with E-state index < -0.39 is 10.0 Å². The lowest BCUT2D eigenvalue weighted by Gasteiger charge is -2.38. The summed E-state index contributed by atoms with van der Waals surface area (Å²) in [5.74, 6) is -0.154.